The van der Waals surface area contributed by atoms with Crippen LogP contribution in [0.4, 0.5) is 10.1 Å². The summed E-state index contributed by atoms with van der Waals surface area (Å²) >= 11 is 0. The molecule has 2 amide bonds. The summed E-state index contributed by atoms with van der Waals surface area (Å²) in [6.07, 6.45) is 0.000934. The van der Waals surface area contributed by atoms with Crippen molar-refractivity contribution in [1.29, 1.82) is 0 Å². The predicted molar refractivity (Wildman–Crippen MR) is 58.2 cm³/mol. The van der Waals surface area contributed by atoms with Gasteiger partial charge in [-0.2, -0.15) is 0 Å². The third-order valence-electron chi connectivity index (χ3n) is 2.78. The van der Waals surface area contributed by atoms with Crippen molar-refractivity contribution in [3.05, 3.63) is 39.7 Å². The van der Waals surface area contributed by atoms with Gasteiger partial charge in [-0.3, -0.25) is 25.0 Å². The number of nitrogens with one attached hydrogen (secondary N) is 1. The smallest absolute Gasteiger partial charge is 0.272 e. The zero-order valence-electron chi connectivity index (χ0n) is 9.18. The summed E-state index contributed by atoms with van der Waals surface area (Å²) < 4.78 is 13.7. The first-order valence-electron chi connectivity index (χ1n) is 5.24. The fourth-order valence-electron chi connectivity index (χ4n) is 1.96. The number of imide groups is 1. The summed E-state index contributed by atoms with van der Waals surface area (Å²) in [6.45, 7) is 0. The fourth-order valence-corrected chi connectivity index (χ4v) is 1.96. The minimum atomic E-state index is -0.767. The Morgan fingerprint density at radius 2 is 1.89 bits per heavy atom. The summed E-state index contributed by atoms with van der Waals surface area (Å²) in [5.41, 5.74) is -0.202. The summed E-state index contributed by atoms with van der Waals surface area (Å²) in [5, 5.41) is 12.6. The van der Waals surface area contributed by atoms with E-state index in [-0.39, 0.29) is 24.1 Å². The number of piperidine rings is 1. The summed E-state index contributed by atoms with van der Waals surface area (Å²) in [5.74, 6) is -2.26. The van der Waals surface area contributed by atoms with Gasteiger partial charge in [-0.25, -0.2) is 4.39 Å². The molecule has 0 radical (unpaired) electrons. The molecule has 0 unspecified atom stereocenters. The van der Waals surface area contributed by atoms with Crippen LogP contribution in [0.1, 0.15) is 24.3 Å². The van der Waals surface area contributed by atoms with Gasteiger partial charge in [0.05, 0.1) is 11.0 Å². The number of benzene rings is 1. The van der Waals surface area contributed by atoms with Crippen LogP contribution in [0.25, 0.3) is 0 Å². The zero-order valence-corrected chi connectivity index (χ0v) is 9.18. The third kappa shape index (κ3) is 2.34. The minimum Gasteiger partial charge on any atom is -0.296 e. The molecule has 1 aliphatic heterocycles. The number of amides is 2. The van der Waals surface area contributed by atoms with Crippen LogP contribution in [0.2, 0.25) is 0 Å². The molecule has 1 fully saturated rings. The van der Waals surface area contributed by atoms with Crippen molar-refractivity contribution < 1.29 is 18.9 Å². The summed E-state index contributed by atoms with van der Waals surface area (Å²) in [6, 6.07) is 3.21. The van der Waals surface area contributed by atoms with Crippen LogP contribution in [-0.2, 0) is 9.59 Å². The molecule has 1 aromatic rings. The van der Waals surface area contributed by atoms with Crippen molar-refractivity contribution in [3.8, 4) is 0 Å². The quantitative estimate of drug-likeness (QED) is 0.487. The lowest BCUT2D eigenvalue weighted by Gasteiger charge is -2.21. The maximum absolute atomic E-state index is 13.7. The number of carbonyl (C=O) groups is 2. The minimum absolute atomic E-state index is 0.000467. The highest BCUT2D eigenvalue weighted by molar-refractivity contribution is 5.98. The Morgan fingerprint density at radius 1 is 1.28 bits per heavy atom. The van der Waals surface area contributed by atoms with E-state index in [4.69, 9.17) is 0 Å². The molecule has 94 valence electrons. The molecule has 0 saturated carbocycles. The van der Waals surface area contributed by atoms with Gasteiger partial charge in [-0.05, 0) is 11.6 Å². The number of hydrogen-bond donors (Lipinski definition) is 1. The first-order valence-corrected chi connectivity index (χ1v) is 5.24. The van der Waals surface area contributed by atoms with Crippen molar-refractivity contribution in [2.45, 2.75) is 18.8 Å². The molecular weight excluding hydrogens is 243 g/mol. The Bertz CT molecular complexity index is 528. The summed E-state index contributed by atoms with van der Waals surface area (Å²) in [7, 11) is 0. The first kappa shape index (κ1) is 12.2. The SMILES string of the molecule is O=C1CC(c2ccc([N+](=O)[O-])cc2F)CC(=O)N1. The van der Waals surface area contributed by atoms with Gasteiger partial charge >= 0.3 is 0 Å². The molecule has 1 heterocycles. The van der Waals surface area contributed by atoms with E-state index in [1.165, 1.54) is 6.07 Å². The number of halogens is 1. The monoisotopic (exact) mass is 252 g/mol. The molecule has 1 aromatic carbocycles. The van der Waals surface area contributed by atoms with E-state index in [1.54, 1.807) is 0 Å². The van der Waals surface area contributed by atoms with Crippen LogP contribution in [0.15, 0.2) is 18.2 Å². The topological polar surface area (TPSA) is 89.3 Å². The molecule has 0 aliphatic carbocycles. The van der Waals surface area contributed by atoms with Crippen molar-refractivity contribution >= 4 is 17.5 Å². The molecule has 0 bridgehead atoms. The van der Waals surface area contributed by atoms with Crippen LogP contribution in [0, 0.1) is 15.9 Å². The zero-order chi connectivity index (χ0) is 13.3. The Labute approximate surface area is 101 Å². The van der Waals surface area contributed by atoms with Gasteiger partial charge in [0.1, 0.15) is 5.82 Å². The van der Waals surface area contributed by atoms with E-state index in [2.05, 4.69) is 5.32 Å². The van der Waals surface area contributed by atoms with Crippen molar-refractivity contribution in [3.63, 3.8) is 0 Å². The fraction of sp³-hybridized carbons (Fsp3) is 0.273. The van der Waals surface area contributed by atoms with Gasteiger partial charge < -0.3 is 0 Å². The highest BCUT2D eigenvalue weighted by Gasteiger charge is 2.28. The average molecular weight is 252 g/mol. The Kier molecular flexibility index (Phi) is 3.05. The number of nitro benzene ring substituents is 1. The van der Waals surface area contributed by atoms with Crippen LogP contribution in [0.5, 0.6) is 0 Å². The van der Waals surface area contributed by atoms with E-state index in [0.717, 1.165) is 12.1 Å². The van der Waals surface area contributed by atoms with Crippen molar-refractivity contribution in [2.24, 2.45) is 0 Å². The molecule has 2 rings (SSSR count). The molecule has 6 nitrogen and oxygen atoms in total. The average Bonchev–Trinajstić information content (AvgIpc) is 2.27. The maximum atomic E-state index is 13.7. The predicted octanol–water partition coefficient (Wildman–Crippen LogP) is 1.25. The standard InChI is InChI=1S/C11H9FN2O4/c12-9-5-7(14(17)18)1-2-8(9)6-3-10(15)13-11(16)4-6/h1-2,5-6H,3-4H2,(H,13,15,16). The number of hydrogen-bond acceptors (Lipinski definition) is 4. The highest BCUT2D eigenvalue weighted by atomic mass is 19.1. The Hall–Kier alpha value is -2.31. The molecular formula is C11H9FN2O4. The van der Waals surface area contributed by atoms with Gasteiger partial charge in [0, 0.05) is 24.8 Å². The third-order valence-corrected chi connectivity index (χ3v) is 2.78. The normalized spacial score (nSPS) is 16.5. The van der Waals surface area contributed by atoms with Crippen LogP contribution in [0.3, 0.4) is 0 Å². The van der Waals surface area contributed by atoms with E-state index in [0.29, 0.717) is 0 Å². The molecule has 0 aromatic heterocycles. The number of nitrogens with zero attached hydrogens (tertiary/aromatic N) is 1. The van der Waals surface area contributed by atoms with Crippen LogP contribution < -0.4 is 5.32 Å². The lowest BCUT2D eigenvalue weighted by molar-refractivity contribution is -0.385. The van der Waals surface area contributed by atoms with Crippen molar-refractivity contribution in [1.82, 2.24) is 5.32 Å². The molecule has 7 heteroatoms. The van der Waals surface area contributed by atoms with Crippen molar-refractivity contribution in [2.75, 3.05) is 0 Å². The Morgan fingerprint density at radius 3 is 2.39 bits per heavy atom. The molecule has 1 saturated heterocycles. The largest absolute Gasteiger partial charge is 0.296 e. The van der Waals surface area contributed by atoms with Crippen LogP contribution >= 0.6 is 0 Å². The molecule has 1 aliphatic rings. The second-order valence-electron chi connectivity index (χ2n) is 4.04. The number of non-ortho nitro benzene ring substituents is 1. The molecule has 0 spiro atoms. The first-order chi connectivity index (χ1) is 8.47. The van der Waals surface area contributed by atoms with Gasteiger partial charge in [0.2, 0.25) is 11.8 Å². The van der Waals surface area contributed by atoms with Gasteiger partial charge in [-0.1, -0.05) is 0 Å². The van der Waals surface area contributed by atoms with E-state index >= 15 is 0 Å². The second-order valence-corrected chi connectivity index (χ2v) is 4.04. The van der Waals surface area contributed by atoms with Crippen LogP contribution in [-0.4, -0.2) is 16.7 Å². The van der Waals surface area contributed by atoms with E-state index < -0.39 is 28.5 Å². The lowest BCUT2D eigenvalue weighted by atomic mass is 9.89. The Balaban J connectivity index is 2.31. The summed E-state index contributed by atoms with van der Waals surface area (Å²) in [4.78, 5) is 32.1. The van der Waals surface area contributed by atoms with Gasteiger partial charge in [-0.15, -0.1) is 0 Å². The lowest BCUT2D eigenvalue weighted by Crippen LogP contribution is -2.37. The highest BCUT2D eigenvalue weighted by Crippen LogP contribution is 2.30. The number of carbonyl (C=O) groups excluding carboxylic acids is 2. The molecule has 18 heavy (non-hydrogen) atoms. The molecule has 0 atom stereocenters. The number of rotatable bonds is 2. The molecule has 1 N–H and O–H groups in total. The van der Waals surface area contributed by atoms with Gasteiger partial charge in [0.15, 0.2) is 0 Å². The van der Waals surface area contributed by atoms with Gasteiger partial charge in [0.25, 0.3) is 5.69 Å². The van der Waals surface area contributed by atoms with E-state index in [1.807, 2.05) is 0 Å². The second kappa shape index (κ2) is 4.52. The number of nitro groups is 1. The maximum Gasteiger partial charge on any atom is 0.272 e. The van der Waals surface area contributed by atoms with E-state index in [9.17, 15) is 24.1 Å².